The summed E-state index contributed by atoms with van der Waals surface area (Å²) in [5, 5.41) is 0.361. The van der Waals surface area contributed by atoms with E-state index in [0.717, 1.165) is 17.0 Å². The predicted molar refractivity (Wildman–Crippen MR) is 79.1 cm³/mol. The van der Waals surface area contributed by atoms with E-state index in [-0.39, 0.29) is 4.90 Å². The zero-order chi connectivity index (χ0) is 14.8. The Morgan fingerprint density at radius 2 is 2.15 bits per heavy atom. The van der Waals surface area contributed by atoms with Gasteiger partial charge >= 0.3 is 0 Å². The molecule has 7 nitrogen and oxygen atoms in total. The number of nitrogens with two attached hydrogens (primary N) is 1. The summed E-state index contributed by atoms with van der Waals surface area (Å²) in [6.45, 7) is 3.89. The minimum Gasteiger partial charge on any atom is -0.308 e. The maximum atomic E-state index is 12.2. The van der Waals surface area contributed by atoms with Gasteiger partial charge in [-0.25, -0.2) is 24.2 Å². The molecule has 4 N–H and O–H groups in total. The van der Waals surface area contributed by atoms with Crippen LogP contribution in [-0.2, 0) is 16.4 Å². The maximum Gasteiger partial charge on any atom is 0.265 e. The van der Waals surface area contributed by atoms with Crippen molar-refractivity contribution < 1.29 is 8.42 Å². The highest BCUT2D eigenvalue weighted by atomic mass is 32.2. The van der Waals surface area contributed by atoms with Crippen molar-refractivity contribution in [2.45, 2.75) is 25.2 Å². The average molecular weight is 313 g/mol. The van der Waals surface area contributed by atoms with Crippen molar-refractivity contribution in [1.82, 2.24) is 9.97 Å². The van der Waals surface area contributed by atoms with Gasteiger partial charge < -0.3 is 5.43 Å². The van der Waals surface area contributed by atoms with Crippen LogP contribution in [0.2, 0.25) is 0 Å². The van der Waals surface area contributed by atoms with E-state index >= 15 is 0 Å². The fraction of sp³-hybridized carbons (Fsp3) is 0.273. The molecule has 2 aromatic rings. The lowest BCUT2D eigenvalue weighted by Crippen LogP contribution is -2.14. The van der Waals surface area contributed by atoms with Gasteiger partial charge in [0.2, 0.25) is 0 Å². The Labute approximate surface area is 121 Å². The topological polar surface area (TPSA) is 110 Å². The van der Waals surface area contributed by atoms with Gasteiger partial charge in [0.15, 0.2) is 5.13 Å². The Morgan fingerprint density at radius 1 is 1.40 bits per heavy atom. The van der Waals surface area contributed by atoms with Gasteiger partial charge in [0.05, 0.1) is 5.69 Å². The number of sulfonamides is 1. The van der Waals surface area contributed by atoms with Gasteiger partial charge in [-0.2, -0.15) is 0 Å². The van der Waals surface area contributed by atoms with E-state index < -0.39 is 10.0 Å². The highest BCUT2D eigenvalue weighted by molar-refractivity contribution is 7.93. The van der Waals surface area contributed by atoms with Crippen LogP contribution in [0, 0.1) is 6.92 Å². The molecule has 108 valence electrons. The molecule has 0 radical (unpaired) electrons. The molecule has 0 amide bonds. The second-order valence-corrected chi connectivity index (χ2v) is 6.89. The summed E-state index contributed by atoms with van der Waals surface area (Å²) >= 11 is 1.31. The Kier molecular flexibility index (Phi) is 4.21. The Hall–Kier alpha value is -1.71. The fourth-order valence-corrected chi connectivity index (χ4v) is 3.68. The molecule has 2 rings (SSSR count). The Balaban J connectivity index is 2.25. The maximum absolute atomic E-state index is 12.2. The number of rotatable bonds is 5. The lowest BCUT2D eigenvalue weighted by molar-refractivity contribution is 0.601. The molecule has 0 aliphatic rings. The second-order valence-electron chi connectivity index (χ2n) is 4.00. The first-order valence-corrected chi connectivity index (χ1v) is 8.18. The normalized spacial score (nSPS) is 11.3. The van der Waals surface area contributed by atoms with Gasteiger partial charge in [0.25, 0.3) is 10.0 Å². The van der Waals surface area contributed by atoms with E-state index in [9.17, 15) is 8.42 Å². The monoisotopic (exact) mass is 313 g/mol. The van der Waals surface area contributed by atoms with Crippen molar-refractivity contribution >= 4 is 32.3 Å². The molecule has 0 atom stereocenters. The summed E-state index contributed by atoms with van der Waals surface area (Å²) in [5.74, 6) is 5.57. The molecule has 0 unspecified atom stereocenters. The van der Waals surface area contributed by atoms with Crippen molar-refractivity contribution in [1.29, 1.82) is 0 Å². The smallest absolute Gasteiger partial charge is 0.265 e. The first-order valence-electron chi connectivity index (χ1n) is 5.88. The lowest BCUT2D eigenvalue weighted by Gasteiger charge is -2.05. The van der Waals surface area contributed by atoms with Crippen molar-refractivity contribution in [3.8, 4) is 0 Å². The summed E-state index contributed by atoms with van der Waals surface area (Å²) in [4.78, 5) is 9.18. The van der Waals surface area contributed by atoms with Crippen molar-refractivity contribution in [2.24, 2.45) is 5.84 Å². The van der Waals surface area contributed by atoms with Gasteiger partial charge in [-0.1, -0.05) is 6.92 Å². The van der Waals surface area contributed by atoms with E-state index in [1.165, 1.54) is 29.7 Å². The summed E-state index contributed by atoms with van der Waals surface area (Å²) in [6.07, 6.45) is 2.00. The number of hydrogen-bond donors (Lipinski definition) is 3. The quantitative estimate of drug-likeness (QED) is 0.570. The van der Waals surface area contributed by atoms with E-state index in [2.05, 4.69) is 20.1 Å². The number of nitrogens with one attached hydrogen (secondary N) is 2. The molecular formula is C11H15N5O2S2. The highest BCUT2D eigenvalue weighted by Crippen LogP contribution is 2.24. The number of nitrogens with zero attached hydrogens (tertiary/aromatic N) is 2. The third-order valence-corrected chi connectivity index (χ3v) is 5.03. The van der Waals surface area contributed by atoms with E-state index in [1.807, 2.05) is 13.8 Å². The predicted octanol–water partition coefficient (Wildman–Crippen LogP) is 1.50. The molecule has 0 bridgehead atoms. The van der Waals surface area contributed by atoms with Gasteiger partial charge in [-0.3, -0.25) is 4.72 Å². The Bertz CT molecular complexity index is 694. The molecule has 0 aliphatic carbocycles. The lowest BCUT2D eigenvalue weighted by atomic mass is 10.3. The number of thiazole rings is 1. The molecule has 2 heterocycles. The minimum atomic E-state index is -3.68. The molecule has 2 aromatic heterocycles. The molecule has 0 aromatic carbocycles. The van der Waals surface area contributed by atoms with Gasteiger partial charge in [-0.05, 0) is 25.5 Å². The summed E-state index contributed by atoms with van der Waals surface area (Å²) in [5.41, 5.74) is 3.23. The van der Waals surface area contributed by atoms with E-state index in [1.54, 1.807) is 0 Å². The van der Waals surface area contributed by atoms with Crippen LogP contribution in [0.25, 0.3) is 0 Å². The summed E-state index contributed by atoms with van der Waals surface area (Å²) < 4.78 is 26.8. The molecule has 0 aliphatic heterocycles. The van der Waals surface area contributed by atoms with E-state index in [0.29, 0.717) is 10.9 Å². The van der Waals surface area contributed by atoms with Crippen molar-refractivity contribution in [3.63, 3.8) is 0 Å². The molecule has 0 spiro atoms. The molecule has 0 saturated heterocycles. The van der Waals surface area contributed by atoms with Crippen LogP contribution in [0.1, 0.15) is 17.5 Å². The first kappa shape index (κ1) is 14.7. The zero-order valence-corrected chi connectivity index (χ0v) is 12.7. The summed E-state index contributed by atoms with van der Waals surface area (Å²) in [6, 6.07) is 2.91. The largest absolute Gasteiger partial charge is 0.308 e. The van der Waals surface area contributed by atoms with Crippen LogP contribution in [0.15, 0.2) is 23.2 Å². The molecule has 20 heavy (non-hydrogen) atoms. The number of hydrogen-bond acceptors (Lipinski definition) is 7. The molecule has 0 saturated carbocycles. The van der Waals surface area contributed by atoms with E-state index in [4.69, 9.17) is 5.84 Å². The molecule has 0 fully saturated rings. The van der Waals surface area contributed by atoms with Gasteiger partial charge in [-0.15, -0.1) is 11.3 Å². The number of nitrogen functional groups attached to an aromatic ring is 1. The number of hydrazine groups is 1. The third-order valence-electron chi connectivity index (χ3n) is 2.64. The average Bonchev–Trinajstić information content (AvgIpc) is 2.78. The molecule has 9 heteroatoms. The van der Waals surface area contributed by atoms with Crippen LogP contribution >= 0.6 is 11.3 Å². The van der Waals surface area contributed by atoms with Gasteiger partial charge in [0, 0.05) is 11.1 Å². The number of aromatic nitrogens is 2. The van der Waals surface area contributed by atoms with Crippen molar-refractivity contribution in [3.05, 3.63) is 28.9 Å². The SMILES string of the molecule is CCc1nc(NS(=O)(=O)c2ccc(NN)nc2)sc1C. The van der Waals surface area contributed by atoms with Crippen LogP contribution in [0.3, 0.4) is 0 Å². The van der Waals surface area contributed by atoms with Crippen molar-refractivity contribution in [2.75, 3.05) is 10.1 Å². The Morgan fingerprint density at radius 3 is 2.65 bits per heavy atom. The number of pyridine rings is 1. The molecular weight excluding hydrogens is 298 g/mol. The van der Waals surface area contributed by atoms with Crippen LogP contribution in [0.4, 0.5) is 10.9 Å². The summed E-state index contributed by atoms with van der Waals surface area (Å²) in [7, 11) is -3.68. The van der Waals surface area contributed by atoms with Crippen LogP contribution in [0.5, 0.6) is 0 Å². The number of anilines is 2. The third kappa shape index (κ3) is 3.06. The first-order chi connectivity index (χ1) is 9.46. The van der Waals surface area contributed by atoms with Gasteiger partial charge in [0.1, 0.15) is 10.7 Å². The zero-order valence-electron chi connectivity index (χ0n) is 11.0. The fourth-order valence-electron chi connectivity index (χ4n) is 1.60. The standard InChI is InChI=1S/C11H15N5O2S2/c1-3-9-7(2)19-11(14-9)16-20(17,18)8-4-5-10(15-12)13-6-8/h4-6H,3,12H2,1-2H3,(H,13,15)(H,14,16). The van der Waals surface area contributed by atoms with Crippen LogP contribution < -0.4 is 16.0 Å². The number of aryl methyl sites for hydroxylation is 2. The minimum absolute atomic E-state index is 0.0578. The van der Waals surface area contributed by atoms with Crippen LogP contribution in [-0.4, -0.2) is 18.4 Å². The highest BCUT2D eigenvalue weighted by Gasteiger charge is 2.17. The second kappa shape index (κ2) is 5.73.